The average molecular weight is 236 g/mol. The molecular weight excluding hydrogens is 212 g/mol. The van der Waals surface area contributed by atoms with E-state index in [1.54, 1.807) is 0 Å². The van der Waals surface area contributed by atoms with Gasteiger partial charge in [-0.1, -0.05) is 45.5 Å². The Hall–Kier alpha value is -0.960. The lowest BCUT2D eigenvalue weighted by Gasteiger charge is -2.04. The summed E-state index contributed by atoms with van der Waals surface area (Å²) in [5, 5.41) is 18.9. The second-order valence-electron chi connectivity index (χ2n) is 4.70. The van der Waals surface area contributed by atoms with Gasteiger partial charge in [-0.3, -0.25) is 0 Å². The highest BCUT2D eigenvalue weighted by Crippen LogP contribution is 2.03. The first kappa shape index (κ1) is 16.0. The van der Waals surface area contributed by atoms with Gasteiger partial charge < -0.3 is 10.2 Å². The molecule has 0 aromatic rings. The van der Waals surface area contributed by atoms with Crippen molar-refractivity contribution in [2.24, 2.45) is 5.92 Å². The van der Waals surface area contributed by atoms with E-state index in [0.717, 1.165) is 19.3 Å². The smallest absolute Gasteiger partial charge is 0.116 e. The van der Waals surface area contributed by atoms with Gasteiger partial charge in [0.15, 0.2) is 0 Å². The molecule has 0 saturated heterocycles. The monoisotopic (exact) mass is 236 g/mol. The lowest BCUT2D eigenvalue weighted by molar-refractivity contribution is 0.204. The summed E-state index contributed by atoms with van der Waals surface area (Å²) in [5.74, 6) is 10.9. The lowest BCUT2D eigenvalue weighted by Crippen LogP contribution is -2.06. The molecule has 0 aromatic carbocycles. The molecule has 2 atom stereocenters. The molecule has 2 N–H and O–H groups in total. The van der Waals surface area contributed by atoms with E-state index in [0.29, 0.717) is 18.8 Å². The Balaban J connectivity index is 3.89. The van der Waals surface area contributed by atoms with E-state index in [9.17, 15) is 10.2 Å². The van der Waals surface area contributed by atoms with Crippen molar-refractivity contribution in [1.82, 2.24) is 0 Å². The van der Waals surface area contributed by atoms with Gasteiger partial charge in [0.25, 0.3) is 0 Å². The van der Waals surface area contributed by atoms with Crippen molar-refractivity contribution < 1.29 is 10.2 Å². The molecule has 2 nitrogen and oxygen atoms in total. The third-order valence-electron chi connectivity index (χ3n) is 2.32. The zero-order valence-corrected chi connectivity index (χ0v) is 11.2. The molecular formula is C15H24O2. The average Bonchev–Trinajstić information content (AvgIpc) is 2.24. The summed E-state index contributed by atoms with van der Waals surface area (Å²) in [6.45, 7) is 6.20. The van der Waals surface area contributed by atoms with E-state index in [4.69, 9.17) is 0 Å². The van der Waals surface area contributed by atoms with Gasteiger partial charge in [-0.2, -0.15) is 0 Å². The summed E-state index contributed by atoms with van der Waals surface area (Å²) in [5.41, 5.74) is 0. The summed E-state index contributed by atoms with van der Waals surface area (Å²) >= 11 is 0. The van der Waals surface area contributed by atoms with Crippen LogP contribution in [0.2, 0.25) is 0 Å². The van der Waals surface area contributed by atoms with Crippen LogP contribution in [0.1, 0.15) is 52.9 Å². The van der Waals surface area contributed by atoms with E-state index in [2.05, 4.69) is 30.6 Å². The first-order valence-corrected chi connectivity index (χ1v) is 6.43. The summed E-state index contributed by atoms with van der Waals surface area (Å²) in [6.07, 6.45) is 3.43. The van der Waals surface area contributed by atoms with Gasteiger partial charge in [-0.25, -0.2) is 0 Å². The second-order valence-corrected chi connectivity index (χ2v) is 4.70. The molecule has 0 amide bonds. The van der Waals surface area contributed by atoms with Gasteiger partial charge >= 0.3 is 0 Å². The Morgan fingerprint density at radius 2 is 1.53 bits per heavy atom. The van der Waals surface area contributed by atoms with Crippen LogP contribution in [0.3, 0.4) is 0 Å². The fourth-order valence-electron chi connectivity index (χ4n) is 1.40. The number of rotatable bonds is 6. The van der Waals surface area contributed by atoms with E-state index < -0.39 is 12.2 Å². The molecule has 0 spiro atoms. The van der Waals surface area contributed by atoms with Crippen LogP contribution in [0.15, 0.2) is 0 Å². The highest BCUT2D eigenvalue weighted by molar-refractivity contribution is 5.28. The fourth-order valence-corrected chi connectivity index (χ4v) is 1.40. The van der Waals surface area contributed by atoms with Crippen molar-refractivity contribution >= 4 is 0 Å². The van der Waals surface area contributed by atoms with Gasteiger partial charge in [-0.15, -0.1) is 0 Å². The quantitative estimate of drug-likeness (QED) is 0.549. The third-order valence-corrected chi connectivity index (χ3v) is 2.32. The van der Waals surface area contributed by atoms with Crippen LogP contribution in [0.5, 0.6) is 0 Å². The van der Waals surface area contributed by atoms with Crippen LogP contribution in [0.25, 0.3) is 0 Å². The molecule has 0 radical (unpaired) electrons. The molecule has 0 bridgehead atoms. The molecule has 0 saturated carbocycles. The Morgan fingerprint density at radius 3 is 2.06 bits per heavy atom. The van der Waals surface area contributed by atoms with Crippen molar-refractivity contribution in [2.45, 2.75) is 65.1 Å². The van der Waals surface area contributed by atoms with Crippen molar-refractivity contribution in [1.29, 1.82) is 0 Å². The van der Waals surface area contributed by atoms with Crippen molar-refractivity contribution in [3.8, 4) is 23.7 Å². The zero-order valence-electron chi connectivity index (χ0n) is 11.2. The summed E-state index contributed by atoms with van der Waals surface area (Å²) in [7, 11) is 0. The van der Waals surface area contributed by atoms with Crippen molar-refractivity contribution in [3.05, 3.63) is 0 Å². The molecule has 17 heavy (non-hydrogen) atoms. The first-order chi connectivity index (χ1) is 8.06. The molecule has 0 fully saturated rings. The largest absolute Gasteiger partial charge is 0.380 e. The van der Waals surface area contributed by atoms with E-state index in [1.807, 2.05) is 13.8 Å². The molecule has 0 aliphatic heterocycles. The Morgan fingerprint density at radius 1 is 0.941 bits per heavy atom. The Bertz CT molecular complexity index is 298. The van der Waals surface area contributed by atoms with Crippen molar-refractivity contribution in [2.75, 3.05) is 0 Å². The maximum Gasteiger partial charge on any atom is 0.116 e. The van der Waals surface area contributed by atoms with Gasteiger partial charge in [0, 0.05) is 0 Å². The molecule has 0 aliphatic carbocycles. The number of aliphatic hydroxyl groups excluding tert-OH is 2. The number of hydrogen-bond donors (Lipinski definition) is 2. The summed E-state index contributed by atoms with van der Waals surface area (Å²) in [4.78, 5) is 0. The summed E-state index contributed by atoms with van der Waals surface area (Å²) < 4.78 is 0. The van der Waals surface area contributed by atoms with Crippen LogP contribution in [0.4, 0.5) is 0 Å². The van der Waals surface area contributed by atoms with Crippen LogP contribution in [0, 0.1) is 29.6 Å². The Kier molecular flexibility index (Phi) is 9.63. The third kappa shape index (κ3) is 11.3. The van der Waals surface area contributed by atoms with Crippen LogP contribution >= 0.6 is 0 Å². The highest BCUT2D eigenvalue weighted by Gasteiger charge is 2.01. The molecule has 0 rings (SSSR count). The molecule has 2 unspecified atom stereocenters. The first-order valence-electron chi connectivity index (χ1n) is 6.43. The van der Waals surface area contributed by atoms with Crippen molar-refractivity contribution in [3.63, 3.8) is 0 Å². The van der Waals surface area contributed by atoms with E-state index in [-0.39, 0.29) is 0 Å². The topological polar surface area (TPSA) is 40.5 Å². The lowest BCUT2D eigenvalue weighted by atomic mass is 10.1. The van der Waals surface area contributed by atoms with Crippen LogP contribution in [-0.4, -0.2) is 22.4 Å². The van der Waals surface area contributed by atoms with E-state index in [1.165, 1.54) is 0 Å². The SMILES string of the molecule is CCCCCC(O)C#CC#CC(O)CC(C)C. The highest BCUT2D eigenvalue weighted by atomic mass is 16.3. The second kappa shape index (κ2) is 10.2. The fraction of sp³-hybridized carbons (Fsp3) is 0.733. The maximum atomic E-state index is 9.48. The number of aliphatic hydroxyl groups is 2. The molecule has 0 aliphatic rings. The van der Waals surface area contributed by atoms with Crippen LogP contribution < -0.4 is 0 Å². The standard InChI is InChI=1S/C15H24O2/c1-4-5-6-9-14(16)10-7-8-11-15(17)12-13(2)3/h13-17H,4-6,9,12H2,1-3H3. The molecule has 0 aromatic heterocycles. The normalized spacial score (nSPS) is 13.3. The molecule has 96 valence electrons. The van der Waals surface area contributed by atoms with Gasteiger partial charge in [-0.05, 0) is 37.0 Å². The number of hydrogen-bond acceptors (Lipinski definition) is 2. The van der Waals surface area contributed by atoms with E-state index >= 15 is 0 Å². The van der Waals surface area contributed by atoms with Crippen LogP contribution in [-0.2, 0) is 0 Å². The minimum Gasteiger partial charge on any atom is -0.380 e. The molecule has 0 heterocycles. The predicted octanol–water partition coefficient (Wildman–Crippen LogP) is 2.34. The Labute approximate surface area is 105 Å². The number of unbranched alkanes of at least 4 members (excludes halogenated alkanes) is 2. The molecule has 2 heteroatoms. The van der Waals surface area contributed by atoms with Gasteiger partial charge in [0.05, 0.1) is 0 Å². The van der Waals surface area contributed by atoms with Gasteiger partial charge in [0.2, 0.25) is 0 Å². The maximum absolute atomic E-state index is 9.48. The predicted molar refractivity (Wildman–Crippen MR) is 71.2 cm³/mol. The van der Waals surface area contributed by atoms with Gasteiger partial charge in [0.1, 0.15) is 12.2 Å². The minimum absolute atomic E-state index is 0.423. The minimum atomic E-state index is -0.610. The zero-order chi connectivity index (χ0) is 13.1. The summed E-state index contributed by atoms with van der Waals surface area (Å²) in [6, 6.07) is 0.